The third-order valence-electron chi connectivity index (χ3n) is 10.9. The summed E-state index contributed by atoms with van der Waals surface area (Å²) in [4.78, 5) is 18.3. The Kier molecular flexibility index (Phi) is 6.70. The van der Waals surface area contributed by atoms with Crippen molar-refractivity contribution in [3.63, 3.8) is 0 Å². The molecule has 10 aromatic rings. The molecule has 5 nitrogen and oxygen atoms in total. The van der Waals surface area contributed by atoms with Crippen LogP contribution in [0.1, 0.15) is 25.0 Å². The van der Waals surface area contributed by atoms with Crippen LogP contribution in [-0.2, 0) is 5.41 Å². The third-order valence-corrected chi connectivity index (χ3v) is 12.1. The highest BCUT2D eigenvalue weighted by Gasteiger charge is 2.39. The fourth-order valence-corrected chi connectivity index (χ4v) is 9.64. The molecule has 0 N–H and O–H groups in total. The van der Waals surface area contributed by atoms with Crippen molar-refractivity contribution in [1.82, 2.24) is 15.0 Å². The van der Waals surface area contributed by atoms with Gasteiger partial charge in [0.1, 0.15) is 11.2 Å². The van der Waals surface area contributed by atoms with Gasteiger partial charge in [-0.25, -0.2) is 4.98 Å². The van der Waals surface area contributed by atoms with E-state index in [0.717, 1.165) is 44.4 Å². The maximum absolute atomic E-state index is 6.56. The molecule has 0 radical (unpaired) electrons. The normalized spacial score (nSPS) is 13.1. The van der Waals surface area contributed by atoms with Gasteiger partial charge in [0.25, 0.3) is 0 Å². The second kappa shape index (κ2) is 11.7. The summed E-state index contributed by atoms with van der Waals surface area (Å²) in [6, 6.07) is 55.2. The topological polar surface area (TPSA) is 55.1 Å². The summed E-state index contributed by atoms with van der Waals surface area (Å²) in [7, 11) is 0. The van der Waals surface area contributed by atoms with Gasteiger partial charge in [-0.15, -0.1) is 11.3 Å². The Balaban J connectivity index is 1.25. The van der Waals surface area contributed by atoms with Crippen molar-refractivity contribution < 1.29 is 4.42 Å². The first-order valence-electron chi connectivity index (χ1n) is 18.2. The molecule has 6 heteroatoms. The molecule has 0 bridgehead atoms. The Labute approximate surface area is 315 Å². The number of para-hydroxylation sites is 2. The van der Waals surface area contributed by atoms with Crippen LogP contribution in [0.3, 0.4) is 0 Å². The molecule has 7 aromatic carbocycles. The largest absolute Gasteiger partial charge is 0.455 e. The molecule has 0 aliphatic heterocycles. The Morgan fingerprint density at radius 3 is 2.07 bits per heavy atom. The Morgan fingerprint density at radius 2 is 1.17 bits per heavy atom. The lowest BCUT2D eigenvalue weighted by Gasteiger charge is -2.31. The molecule has 0 unspecified atom stereocenters. The molecule has 0 amide bonds. The molecule has 1 aliphatic rings. The van der Waals surface area contributed by atoms with Crippen LogP contribution < -0.4 is 4.90 Å². The zero-order chi connectivity index (χ0) is 36.0. The fourth-order valence-electron chi connectivity index (χ4n) is 8.52. The first-order valence-corrected chi connectivity index (χ1v) is 19.0. The smallest absolute Gasteiger partial charge is 0.238 e. The molecule has 0 fully saturated rings. The number of nitrogens with zero attached hydrogens (tertiary/aromatic N) is 4. The predicted octanol–water partition coefficient (Wildman–Crippen LogP) is 13.2. The van der Waals surface area contributed by atoms with Crippen LogP contribution in [0.5, 0.6) is 0 Å². The van der Waals surface area contributed by atoms with E-state index in [0.29, 0.717) is 17.6 Å². The van der Waals surface area contributed by atoms with Crippen molar-refractivity contribution >= 4 is 70.8 Å². The number of aromatic nitrogens is 3. The summed E-state index contributed by atoms with van der Waals surface area (Å²) in [6.07, 6.45) is 0. The molecule has 0 saturated heterocycles. The first-order chi connectivity index (χ1) is 26.5. The highest BCUT2D eigenvalue weighted by atomic mass is 32.1. The zero-order valence-corrected chi connectivity index (χ0v) is 30.4. The molecule has 0 saturated carbocycles. The number of rotatable bonds is 5. The van der Waals surface area contributed by atoms with E-state index in [1.807, 2.05) is 47.7 Å². The highest BCUT2D eigenvalue weighted by Crippen LogP contribution is 2.55. The van der Waals surface area contributed by atoms with E-state index in [-0.39, 0.29) is 5.41 Å². The molecule has 3 heterocycles. The van der Waals surface area contributed by atoms with Crippen molar-refractivity contribution in [1.29, 1.82) is 0 Å². The minimum absolute atomic E-state index is 0.288. The average molecular weight is 713 g/mol. The molecule has 0 atom stereocenters. The first kappa shape index (κ1) is 30.9. The van der Waals surface area contributed by atoms with Gasteiger partial charge in [-0.1, -0.05) is 135 Å². The second-order valence-electron chi connectivity index (χ2n) is 14.4. The van der Waals surface area contributed by atoms with E-state index in [9.17, 15) is 0 Å². The molecular weight excluding hydrogens is 681 g/mol. The van der Waals surface area contributed by atoms with Crippen LogP contribution in [0.4, 0.5) is 17.3 Å². The number of benzene rings is 7. The summed E-state index contributed by atoms with van der Waals surface area (Å²) < 4.78 is 9.01. The van der Waals surface area contributed by atoms with Gasteiger partial charge in [0.15, 0.2) is 11.6 Å². The zero-order valence-electron chi connectivity index (χ0n) is 29.6. The predicted molar refractivity (Wildman–Crippen MR) is 223 cm³/mol. The van der Waals surface area contributed by atoms with Gasteiger partial charge in [-0.2, -0.15) is 9.97 Å². The lowest BCUT2D eigenvalue weighted by molar-refractivity contribution is 0.660. The molecule has 1 aliphatic carbocycles. The molecular formula is C48H32N4OS. The minimum atomic E-state index is -0.288. The van der Waals surface area contributed by atoms with Gasteiger partial charge in [-0.05, 0) is 58.7 Å². The van der Waals surface area contributed by atoms with E-state index >= 15 is 0 Å². The lowest BCUT2D eigenvalue weighted by atomic mass is 9.81. The third kappa shape index (κ3) is 4.53. The standard InChI is InChI=1S/C48H32N4OS/c1-48(2)36-23-9-6-17-30(36)32-20-13-25-38(43(32)48)52(37-24-14-28-41-42(37)34-19-8-11-27-40(34)54-41)47-50-45(29-15-4-3-5-16-29)49-46(51-47)35-22-12-21-33-31-18-7-10-26-39(31)53-44(33)35/h3-28H,1-2H3. The van der Waals surface area contributed by atoms with Gasteiger partial charge >= 0.3 is 0 Å². The van der Waals surface area contributed by atoms with Crippen LogP contribution in [0.25, 0.3) is 76.0 Å². The SMILES string of the molecule is CC1(C)c2ccccc2-c2cccc(N(c3nc(-c4ccccc4)nc(-c4cccc5c4oc4ccccc45)n3)c3cccc4sc5ccccc5c34)c21. The number of anilines is 3. The van der Waals surface area contributed by atoms with Crippen LogP contribution >= 0.6 is 11.3 Å². The molecule has 3 aromatic heterocycles. The van der Waals surface area contributed by atoms with Crippen LogP contribution in [0, 0.1) is 0 Å². The van der Waals surface area contributed by atoms with Gasteiger partial charge in [0.2, 0.25) is 5.95 Å². The molecule has 54 heavy (non-hydrogen) atoms. The van der Waals surface area contributed by atoms with Gasteiger partial charge in [0.05, 0.1) is 16.9 Å². The monoisotopic (exact) mass is 712 g/mol. The maximum atomic E-state index is 6.56. The van der Waals surface area contributed by atoms with E-state index in [1.165, 1.54) is 42.4 Å². The lowest BCUT2D eigenvalue weighted by Crippen LogP contribution is -2.22. The van der Waals surface area contributed by atoms with Crippen LogP contribution in [-0.4, -0.2) is 15.0 Å². The highest BCUT2D eigenvalue weighted by molar-refractivity contribution is 7.26. The molecule has 0 spiro atoms. The number of hydrogen-bond acceptors (Lipinski definition) is 6. The summed E-state index contributed by atoms with van der Waals surface area (Å²) in [5, 5.41) is 4.47. The number of hydrogen-bond donors (Lipinski definition) is 0. The summed E-state index contributed by atoms with van der Waals surface area (Å²) in [5.74, 6) is 1.67. The molecule has 11 rings (SSSR count). The Bertz CT molecular complexity index is 3110. The van der Waals surface area contributed by atoms with E-state index in [1.54, 1.807) is 0 Å². The Morgan fingerprint density at radius 1 is 0.519 bits per heavy atom. The second-order valence-corrected chi connectivity index (χ2v) is 15.5. The van der Waals surface area contributed by atoms with E-state index in [4.69, 9.17) is 19.4 Å². The average Bonchev–Trinajstić information content (AvgIpc) is 3.87. The van der Waals surface area contributed by atoms with Crippen molar-refractivity contribution in [2.75, 3.05) is 4.90 Å². The van der Waals surface area contributed by atoms with Gasteiger partial charge < -0.3 is 4.42 Å². The van der Waals surface area contributed by atoms with Gasteiger partial charge in [-0.3, -0.25) is 4.90 Å². The fraction of sp³-hybridized carbons (Fsp3) is 0.0625. The van der Waals surface area contributed by atoms with Crippen molar-refractivity contribution in [2.24, 2.45) is 0 Å². The Hall–Kier alpha value is -6.63. The summed E-state index contributed by atoms with van der Waals surface area (Å²) >= 11 is 1.81. The minimum Gasteiger partial charge on any atom is -0.455 e. The molecule has 256 valence electrons. The van der Waals surface area contributed by atoms with Crippen LogP contribution in [0.15, 0.2) is 162 Å². The van der Waals surface area contributed by atoms with Crippen molar-refractivity contribution in [2.45, 2.75) is 19.3 Å². The number of thiophene rings is 1. The maximum Gasteiger partial charge on any atom is 0.238 e. The van der Waals surface area contributed by atoms with Gasteiger partial charge in [0, 0.05) is 41.9 Å². The number of furan rings is 1. The van der Waals surface area contributed by atoms with E-state index < -0.39 is 0 Å². The number of fused-ring (bicyclic) bond motifs is 9. The quantitative estimate of drug-likeness (QED) is 0.178. The van der Waals surface area contributed by atoms with E-state index in [2.05, 4.69) is 140 Å². The summed E-state index contributed by atoms with van der Waals surface area (Å²) in [5.41, 5.74) is 10.1. The van der Waals surface area contributed by atoms with Crippen molar-refractivity contribution in [3.05, 3.63) is 169 Å². The van der Waals surface area contributed by atoms with Crippen LogP contribution in [0.2, 0.25) is 0 Å². The summed E-state index contributed by atoms with van der Waals surface area (Å²) in [6.45, 7) is 4.66. The van der Waals surface area contributed by atoms with Crippen molar-refractivity contribution in [3.8, 4) is 33.9 Å².